The van der Waals surface area contributed by atoms with Crippen LogP contribution in [0.5, 0.6) is 0 Å². The molecule has 0 aromatic heterocycles. The molecule has 0 heterocycles. The minimum atomic E-state index is -1.07. The maximum absolute atomic E-state index is 10.7. The molecule has 0 unspecified atom stereocenters. The third-order valence-corrected chi connectivity index (χ3v) is 1.67. The van der Waals surface area contributed by atoms with Crippen molar-refractivity contribution < 1.29 is 14.7 Å². The number of hydroxylamine groups is 2. The lowest BCUT2D eigenvalue weighted by molar-refractivity contribution is -0.132. The normalized spacial score (nSPS) is 9.79. The van der Waals surface area contributed by atoms with Gasteiger partial charge >= 0.3 is 6.09 Å². The highest BCUT2D eigenvalue weighted by atomic mass is 16.7. The zero-order valence-electron chi connectivity index (χ0n) is 8.01. The quantitative estimate of drug-likeness (QED) is 0.748. The van der Waals surface area contributed by atoms with E-state index in [0.29, 0.717) is 6.61 Å². The van der Waals surface area contributed by atoms with E-state index in [1.165, 1.54) is 0 Å². The Labute approximate surface area is 82.7 Å². The molecule has 0 aliphatic rings. The number of amides is 1. The van der Waals surface area contributed by atoms with Gasteiger partial charge in [-0.2, -0.15) is 5.06 Å². The Morgan fingerprint density at radius 1 is 1.43 bits per heavy atom. The topological polar surface area (TPSA) is 49.8 Å². The van der Waals surface area contributed by atoms with E-state index in [1.807, 2.05) is 30.3 Å². The zero-order chi connectivity index (χ0) is 10.4. The summed E-state index contributed by atoms with van der Waals surface area (Å²) in [5.41, 5.74) is 0.906. The summed E-state index contributed by atoms with van der Waals surface area (Å²) in [5, 5.41) is 9.69. The van der Waals surface area contributed by atoms with Crippen molar-refractivity contribution in [2.45, 2.75) is 13.5 Å². The van der Waals surface area contributed by atoms with Crippen LogP contribution in [-0.4, -0.2) is 22.9 Å². The molecule has 0 saturated carbocycles. The Hall–Kier alpha value is -1.55. The van der Waals surface area contributed by atoms with Crippen LogP contribution in [-0.2, 0) is 11.4 Å². The van der Waals surface area contributed by atoms with Crippen LogP contribution in [0.1, 0.15) is 12.5 Å². The fourth-order valence-electron chi connectivity index (χ4n) is 1.07. The van der Waals surface area contributed by atoms with Crippen molar-refractivity contribution in [1.82, 2.24) is 5.06 Å². The number of benzene rings is 1. The molecule has 76 valence electrons. The highest BCUT2D eigenvalue weighted by Crippen LogP contribution is 2.04. The standard InChI is InChI=1S/C10H13NO3/c1-2-14-11(10(12)13)8-9-6-4-3-5-7-9/h3-7H,2,8H2,1H3,(H,12,13). The number of carboxylic acid groups (broad SMARTS) is 1. The summed E-state index contributed by atoms with van der Waals surface area (Å²) in [6.07, 6.45) is -1.07. The summed E-state index contributed by atoms with van der Waals surface area (Å²) >= 11 is 0. The summed E-state index contributed by atoms with van der Waals surface area (Å²) in [6.45, 7) is 2.35. The molecule has 1 aromatic rings. The fraction of sp³-hybridized carbons (Fsp3) is 0.300. The number of rotatable bonds is 4. The Morgan fingerprint density at radius 3 is 2.57 bits per heavy atom. The van der Waals surface area contributed by atoms with Gasteiger partial charge in [-0.1, -0.05) is 30.3 Å². The van der Waals surface area contributed by atoms with Gasteiger partial charge in [-0.3, -0.25) is 4.84 Å². The van der Waals surface area contributed by atoms with Crippen LogP contribution in [0.2, 0.25) is 0 Å². The lowest BCUT2D eigenvalue weighted by atomic mass is 10.2. The summed E-state index contributed by atoms with van der Waals surface area (Å²) in [6, 6.07) is 9.32. The lowest BCUT2D eigenvalue weighted by Crippen LogP contribution is -2.29. The first kappa shape index (κ1) is 10.5. The van der Waals surface area contributed by atoms with Gasteiger partial charge in [0.1, 0.15) is 0 Å². The number of hydrogen-bond acceptors (Lipinski definition) is 2. The van der Waals surface area contributed by atoms with Gasteiger partial charge in [-0.15, -0.1) is 0 Å². The monoisotopic (exact) mass is 195 g/mol. The highest BCUT2D eigenvalue weighted by Gasteiger charge is 2.11. The number of nitrogens with zero attached hydrogens (tertiary/aromatic N) is 1. The number of hydrogen-bond donors (Lipinski definition) is 1. The molecule has 0 radical (unpaired) electrons. The molecule has 0 fully saturated rings. The number of carbonyl (C=O) groups is 1. The maximum Gasteiger partial charge on any atom is 0.431 e. The van der Waals surface area contributed by atoms with Gasteiger partial charge in [0.15, 0.2) is 0 Å². The van der Waals surface area contributed by atoms with Gasteiger partial charge in [-0.05, 0) is 12.5 Å². The second-order valence-electron chi connectivity index (χ2n) is 2.72. The van der Waals surface area contributed by atoms with Gasteiger partial charge in [0, 0.05) is 0 Å². The summed E-state index contributed by atoms with van der Waals surface area (Å²) in [7, 11) is 0. The smallest absolute Gasteiger partial charge is 0.431 e. The van der Waals surface area contributed by atoms with Crippen LogP contribution in [0.4, 0.5) is 4.79 Å². The molecule has 0 saturated heterocycles. The fourth-order valence-corrected chi connectivity index (χ4v) is 1.07. The van der Waals surface area contributed by atoms with E-state index in [1.54, 1.807) is 6.92 Å². The van der Waals surface area contributed by atoms with Crippen LogP contribution in [0.25, 0.3) is 0 Å². The Bertz CT molecular complexity index is 287. The molecule has 14 heavy (non-hydrogen) atoms. The second-order valence-corrected chi connectivity index (χ2v) is 2.72. The predicted octanol–water partition coefficient (Wildman–Crippen LogP) is 2.12. The van der Waals surface area contributed by atoms with Crippen LogP contribution in [0.15, 0.2) is 30.3 Å². The molecular weight excluding hydrogens is 182 g/mol. The average Bonchev–Trinajstić information content (AvgIpc) is 2.18. The minimum Gasteiger partial charge on any atom is -0.463 e. The van der Waals surface area contributed by atoms with Crippen molar-refractivity contribution >= 4 is 6.09 Å². The van der Waals surface area contributed by atoms with Crippen LogP contribution in [0.3, 0.4) is 0 Å². The highest BCUT2D eigenvalue weighted by molar-refractivity contribution is 5.63. The van der Waals surface area contributed by atoms with E-state index >= 15 is 0 Å². The molecule has 1 N–H and O–H groups in total. The van der Waals surface area contributed by atoms with Gasteiger partial charge in [-0.25, -0.2) is 4.79 Å². The SMILES string of the molecule is CCON(Cc1ccccc1)C(=O)O. The minimum absolute atomic E-state index is 0.254. The van der Waals surface area contributed by atoms with Crippen molar-refractivity contribution in [3.8, 4) is 0 Å². The van der Waals surface area contributed by atoms with Crippen molar-refractivity contribution in [2.24, 2.45) is 0 Å². The average molecular weight is 195 g/mol. The summed E-state index contributed by atoms with van der Waals surface area (Å²) < 4.78 is 0. The van der Waals surface area contributed by atoms with Gasteiger partial charge < -0.3 is 5.11 Å². The van der Waals surface area contributed by atoms with E-state index in [0.717, 1.165) is 10.6 Å². The van der Waals surface area contributed by atoms with E-state index in [9.17, 15) is 4.79 Å². The van der Waals surface area contributed by atoms with Crippen molar-refractivity contribution in [2.75, 3.05) is 6.61 Å². The molecule has 0 atom stereocenters. The van der Waals surface area contributed by atoms with Crippen LogP contribution < -0.4 is 0 Å². The summed E-state index contributed by atoms with van der Waals surface area (Å²) in [5.74, 6) is 0. The lowest BCUT2D eigenvalue weighted by Gasteiger charge is -2.17. The second kappa shape index (κ2) is 5.24. The molecule has 1 rings (SSSR count). The van der Waals surface area contributed by atoms with Crippen molar-refractivity contribution in [1.29, 1.82) is 0 Å². The molecule has 0 bridgehead atoms. The molecule has 4 heteroatoms. The van der Waals surface area contributed by atoms with E-state index < -0.39 is 6.09 Å². The molecule has 0 aliphatic heterocycles. The third-order valence-electron chi connectivity index (χ3n) is 1.67. The Balaban J connectivity index is 2.60. The molecule has 0 aliphatic carbocycles. The van der Waals surface area contributed by atoms with E-state index in [2.05, 4.69) is 0 Å². The van der Waals surface area contributed by atoms with Gasteiger partial charge in [0.05, 0.1) is 13.2 Å². The largest absolute Gasteiger partial charge is 0.463 e. The Morgan fingerprint density at radius 2 is 2.07 bits per heavy atom. The third kappa shape index (κ3) is 3.06. The first-order valence-electron chi connectivity index (χ1n) is 4.41. The predicted molar refractivity (Wildman–Crippen MR) is 51.6 cm³/mol. The first-order valence-corrected chi connectivity index (χ1v) is 4.41. The van der Waals surface area contributed by atoms with Gasteiger partial charge in [0.2, 0.25) is 0 Å². The molecule has 1 aromatic carbocycles. The zero-order valence-corrected chi connectivity index (χ0v) is 8.01. The maximum atomic E-state index is 10.7. The summed E-state index contributed by atoms with van der Waals surface area (Å²) in [4.78, 5) is 15.6. The first-order chi connectivity index (χ1) is 6.74. The van der Waals surface area contributed by atoms with Crippen LogP contribution >= 0.6 is 0 Å². The van der Waals surface area contributed by atoms with Crippen LogP contribution in [0, 0.1) is 0 Å². The molecule has 1 amide bonds. The van der Waals surface area contributed by atoms with Crippen molar-refractivity contribution in [3.63, 3.8) is 0 Å². The molecule has 0 spiro atoms. The van der Waals surface area contributed by atoms with Gasteiger partial charge in [0.25, 0.3) is 0 Å². The molecular formula is C10H13NO3. The van der Waals surface area contributed by atoms with E-state index in [4.69, 9.17) is 9.94 Å². The Kier molecular flexibility index (Phi) is 3.94. The van der Waals surface area contributed by atoms with Crippen molar-refractivity contribution in [3.05, 3.63) is 35.9 Å². The molecule has 4 nitrogen and oxygen atoms in total. The van der Waals surface area contributed by atoms with E-state index in [-0.39, 0.29) is 6.54 Å².